The Bertz CT molecular complexity index is 463. The molecule has 19 heavy (non-hydrogen) atoms. The fourth-order valence-electron chi connectivity index (χ4n) is 1.96. The number of carboxylic acids is 1. The maximum absolute atomic E-state index is 11.0. The molecule has 0 aliphatic rings. The van der Waals surface area contributed by atoms with Crippen molar-refractivity contribution in [2.45, 2.75) is 39.2 Å². The Hall–Kier alpha value is -1.55. The zero-order chi connectivity index (χ0) is 14.8. The predicted octanol–water partition coefficient (Wildman–Crippen LogP) is 2.71. The van der Waals surface area contributed by atoms with E-state index in [4.69, 9.17) is 15.6 Å². The number of nitrogens with two attached hydrogens (primary N) is 1. The number of ether oxygens (including phenoxy) is 1. The van der Waals surface area contributed by atoms with E-state index in [1.54, 1.807) is 14.0 Å². The molecule has 0 amide bonds. The summed E-state index contributed by atoms with van der Waals surface area (Å²) in [7, 11) is 1.63. The fourth-order valence-corrected chi connectivity index (χ4v) is 1.96. The average Bonchev–Trinajstić information content (AvgIpc) is 2.35. The van der Waals surface area contributed by atoms with Crippen molar-refractivity contribution in [3.8, 4) is 5.75 Å². The minimum atomic E-state index is -0.888. The smallest absolute Gasteiger partial charge is 0.308 e. The molecule has 0 spiro atoms. The van der Waals surface area contributed by atoms with Gasteiger partial charge in [-0.05, 0) is 28.7 Å². The van der Waals surface area contributed by atoms with Gasteiger partial charge in [-0.3, -0.25) is 4.79 Å². The molecule has 4 nitrogen and oxygen atoms in total. The lowest BCUT2D eigenvalue weighted by molar-refractivity contribution is -0.141. The number of hydrogen-bond donors (Lipinski definition) is 2. The number of methoxy groups -OCH3 is 1. The van der Waals surface area contributed by atoms with E-state index in [-0.39, 0.29) is 5.41 Å². The summed E-state index contributed by atoms with van der Waals surface area (Å²) >= 11 is 0. The second-order valence-corrected chi connectivity index (χ2v) is 5.86. The quantitative estimate of drug-likeness (QED) is 0.878. The highest BCUT2D eigenvalue weighted by atomic mass is 16.5. The summed E-state index contributed by atoms with van der Waals surface area (Å²) in [6.07, 6.45) is 0. The summed E-state index contributed by atoms with van der Waals surface area (Å²) in [6.45, 7) is 7.87. The lowest BCUT2D eigenvalue weighted by Gasteiger charge is -2.25. The van der Waals surface area contributed by atoms with E-state index in [0.717, 1.165) is 16.9 Å². The number of rotatable bonds is 4. The third-order valence-electron chi connectivity index (χ3n) is 3.34. The lowest BCUT2D eigenvalue weighted by Crippen LogP contribution is -2.26. The van der Waals surface area contributed by atoms with Gasteiger partial charge in [0, 0.05) is 6.04 Å². The average molecular weight is 265 g/mol. The van der Waals surface area contributed by atoms with Crippen LogP contribution in [-0.4, -0.2) is 18.2 Å². The highest BCUT2D eigenvalue weighted by Gasteiger charge is 2.25. The van der Waals surface area contributed by atoms with Gasteiger partial charge in [0.05, 0.1) is 13.0 Å². The first-order valence-electron chi connectivity index (χ1n) is 6.35. The number of benzene rings is 1. The number of aliphatic carboxylic acids is 1. The van der Waals surface area contributed by atoms with Crippen molar-refractivity contribution in [1.82, 2.24) is 0 Å². The molecule has 0 aromatic heterocycles. The van der Waals surface area contributed by atoms with Gasteiger partial charge in [-0.25, -0.2) is 0 Å². The molecule has 0 fully saturated rings. The van der Waals surface area contributed by atoms with Crippen molar-refractivity contribution in [3.63, 3.8) is 0 Å². The van der Waals surface area contributed by atoms with Gasteiger partial charge in [-0.2, -0.15) is 0 Å². The van der Waals surface area contributed by atoms with Gasteiger partial charge in [0.15, 0.2) is 0 Å². The molecule has 3 N–H and O–H groups in total. The van der Waals surface area contributed by atoms with Crippen LogP contribution in [0.1, 0.15) is 44.9 Å². The molecule has 0 heterocycles. The first-order valence-corrected chi connectivity index (χ1v) is 6.35. The van der Waals surface area contributed by atoms with E-state index in [9.17, 15) is 4.79 Å². The van der Waals surface area contributed by atoms with E-state index in [2.05, 4.69) is 20.8 Å². The van der Waals surface area contributed by atoms with E-state index >= 15 is 0 Å². The van der Waals surface area contributed by atoms with Gasteiger partial charge in [0.1, 0.15) is 5.75 Å². The Kier molecular flexibility index (Phi) is 4.58. The van der Waals surface area contributed by atoms with Gasteiger partial charge in [0.2, 0.25) is 0 Å². The number of carboxylic acid groups (broad SMARTS) is 1. The summed E-state index contributed by atoms with van der Waals surface area (Å²) < 4.78 is 5.36. The monoisotopic (exact) mass is 265 g/mol. The van der Waals surface area contributed by atoms with Crippen LogP contribution in [0.25, 0.3) is 0 Å². The molecular formula is C15H23NO3. The highest BCUT2D eigenvalue weighted by molar-refractivity contribution is 5.70. The first-order chi connectivity index (χ1) is 8.68. The molecule has 0 bridgehead atoms. The normalized spacial score (nSPS) is 14.8. The van der Waals surface area contributed by atoms with Crippen LogP contribution in [0.2, 0.25) is 0 Å². The highest BCUT2D eigenvalue weighted by Crippen LogP contribution is 2.34. The summed E-state index contributed by atoms with van der Waals surface area (Å²) in [5, 5.41) is 9.04. The molecule has 2 atom stereocenters. The summed E-state index contributed by atoms with van der Waals surface area (Å²) in [5.74, 6) is -0.715. The van der Waals surface area contributed by atoms with Gasteiger partial charge in [-0.1, -0.05) is 33.8 Å². The fraction of sp³-hybridized carbons (Fsp3) is 0.533. The topological polar surface area (TPSA) is 72.5 Å². The van der Waals surface area contributed by atoms with Crippen molar-refractivity contribution < 1.29 is 14.6 Å². The Labute approximate surface area is 114 Å². The van der Waals surface area contributed by atoms with Crippen LogP contribution in [-0.2, 0) is 10.2 Å². The number of carbonyl (C=O) groups is 1. The van der Waals surface area contributed by atoms with Crippen LogP contribution in [0.5, 0.6) is 5.75 Å². The largest absolute Gasteiger partial charge is 0.496 e. The SMILES string of the molecule is COc1ccc(C(N)C(C)C(=O)O)cc1C(C)(C)C. The molecule has 1 rings (SSSR count). The minimum Gasteiger partial charge on any atom is -0.496 e. The van der Waals surface area contributed by atoms with Crippen molar-refractivity contribution >= 4 is 5.97 Å². The van der Waals surface area contributed by atoms with E-state index in [0.29, 0.717) is 0 Å². The van der Waals surface area contributed by atoms with Crippen LogP contribution in [0.3, 0.4) is 0 Å². The molecule has 2 unspecified atom stereocenters. The van der Waals surface area contributed by atoms with E-state index in [1.165, 1.54) is 0 Å². The van der Waals surface area contributed by atoms with E-state index in [1.807, 2.05) is 18.2 Å². The summed E-state index contributed by atoms with van der Waals surface area (Å²) in [5.41, 5.74) is 7.78. The van der Waals surface area contributed by atoms with Gasteiger partial charge < -0.3 is 15.6 Å². The summed E-state index contributed by atoms with van der Waals surface area (Å²) in [6, 6.07) is 5.11. The van der Waals surface area contributed by atoms with Gasteiger partial charge in [-0.15, -0.1) is 0 Å². The summed E-state index contributed by atoms with van der Waals surface area (Å²) in [4.78, 5) is 11.0. The first kappa shape index (κ1) is 15.5. The standard InChI is InChI=1S/C15H23NO3/c1-9(14(17)18)13(16)10-6-7-12(19-5)11(8-10)15(2,3)4/h6-9,13H,16H2,1-5H3,(H,17,18). The van der Waals surface area contributed by atoms with Crippen LogP contribution >= 0.6 is 0 Å². The Balaban J connectivity index is 3.22. The molecule has 0 saturated carbocycles. The molecule has 0 aliphatic carbocycles. The Morgan fingerprint density at radius 1 is 1.37 bits per heavy atom. The second-order valence-electron chi connectivity index (χ2n) is 5.86. The molecule has 0 aliphatic heterocycles. The molecule has 0 radical (unpaired) electrons. The lowest BCUT2D eigenvalue weighted by atomic mass is 9.83. The molecule has 1 aromatic rings. The molecule has 4 heteroatoms. The second kappa shape index (κ2) is 5.61. The molecular weight excluding hydrogens is 242 g/mol. The zero-order valence-corrected chi connectivity index (χ0v) is 12.2. The minimum absolute atomic E-state index is 0.0897. The molecule has 106 valence electrons. The third-order valence-corrected chi connectivity index (χ3v) is 3.34. The molecule has 0 saturated heterocycles. The predicted molar refractivity (Wildman–Crippen MR) is 75.4 cm³/mol. The van der Waals surface area contributed by atoms with Crippen LogP contribution in [0.15, 0.2) is 18.2 Å². The van der Waals surface area contributed by atoms with Crippen molar-refractivity contribution in [2.24, 2.45) is 11.7 Å². The Morgan fingerprint density at radius 2 is 1.95 bits per heavy atom. The van der Waals surface area contributed by atoms with Crippen molar-refractivity contribution in [1.29, 1.82) is 0 Å². The van der Waals surface area contributed by atoms with Gasteiger partial charge >= 0.3 is 5.97 Å². The van der Waals surface area contributed by atoms with Gasteiger partial charge in [0.25, 0.3) is 0 Å². The van der Waals surface area contributed by atoms with Crippen LogP contribution in [0, 0.1) is 5.92 Å². The van der Waals surface area contributed by atoms with Crippen LogP contribution in [0.4, 0.5) is 0 Å². The van der Waals surface area contributed by atoms with Crippen molar-refractivity contribution in [2.75, 3.05) is 7.11 Å². The van der Waals surface area contributed by atoms with Crippen LogP contribution < -0.4 is 10.5 Å². The zero-order valence-electron chi connectivity index (χ0n) is 12.2. The van der Waals surface area contributed by atoms with E-state index < -0.39 is 17.9 Å². The maximum atomic E-state index is 11.0. The van der Waals surface area contributed by atoms with Crippen molar-refractivity contribution in [3.05, 3.63) is 29.3 Å². The Morgan fingerprint density at radius 3 is 2.37 bits per heavy atom. The molecule has 1 aromatic carbocycles. The number of hydrogen-bond acceptors (Lipinski definition) is 3. The maximum Gasteiger partial charge on any atom is 0.308 e. The third kappa shape index (κ3) is 3.47.